The molecule has 0 radical (unpaired) electrons. The minimum absolute atomic E-state index is 0.154. The van der Waals surface area contributed by atoms with Gasteiger partial charge in [0.2, 0.25) is 5.96 Å². The van der Waals surface area contributed by atoms with E-state index >= 15 is 0 Å². The lowest BCUT2D eigenvalue weighted by Crippen LogP contribution is -2.51. The molecule has 0 bridgehead atoms. The van der Waals surface area contributed by atoms with Crippen molar-refractivity contribution >= 4 is 17.7 Å². The van der Waals surface area contributed by atoms with Gasteiger partial charge in [-0.3, -0.25) is 5.32 Å². The number of hydrogen-bond donors (Lipinski definition) is 2. The smallest absolute Gasteiger partial charge is 0.410 e. The highest BCUT2D eigenvalue weighted by Gasteiger charge is 2.26. The summed E-state index contributed by atoms with van der Waals surface area (Å²) in [5.74, 6) is 0.544. The number of carbonyl (C=O) groups is 1. The Labute approximate surface area is 217 Å². The molecule has 1 atom stereocenters. The monoisotopic (exact) mass is 494 g/mol. The molecule has 8 heteroatoms. The average molecular weight is 495 g/mol. The molecule has 1 saturated heterocycles. The predicted molar refractivity (Wildman–Crippen MR) is 142 cm³/mol. The molecule has 3 aromatic carbocycles. The lowest BCUT2D eigenvalue weighted by molar-refractivity contribution is 0.0919. The van der Waals surface area contributed by atoms with Gasteiger partial charge < -0.3 is 19.9 Å². The first-order chi connectivity index (χ1) is 18.2. The zero-order valence-electron chi connectivity index (χ0n) is 20.6. The quantitative estimate of drug-likeness (QED) is 0.246. The normalized spacial score (nSPS) is 17.5. The Morgan fingerprint density at radius 2 is 1.81 bits per heavy atom. The highest BCUT2D eigenvalue weighted by molar-refractivity contribution is 5.85. The number of nitriles is 1. The summed E-state index contributed by atoms with van der Waals surface area (Å²) in [7, 11) is 0. The van der Waals surface area contributed by atoms with Gasteiger partial charge in [-0.25, -0.2) is 9.79 Å². The summed E-state index contributed by atoms with van der Waals surface area (Å²) in [4.78, 5) is 21.5. The molecule has 2 N–H and O–H groups in total. The van der Waals surface area contributed by atoms with Crippen molar-refractivity contribution in [1.82, 2.24) is 20.4 Å². The van der Waals surface area contributed by atoms with Gasteiger partial charge in [-0.05, 0) is 34.7 Å². The number of piperazine rings is 1. The van der Waals surface area contributed by atoms with Crippen molar-refractivity contribution in [2.45, 2.75) is 25.6 Å². The van der Waals surface area contributed by atoms with Crippen LogP contribution in [-0.4, -0.2) is 48.0 Å². The lowest BCUT2D eigenvalue weighted by Gasteiger charge is -2.35. The van der Waals surface area contributed by atoms with Crippen LogP contribution in [0.15, 0.2) is 83.9 Å². The molecule has 8 nitrogen and oxygen atoms in total. The van der Waals surface area contributed by atoms with Crippen LogP contribution in [0.2, 0.25) is 0 Å². The molecule has 0 aliphatic carbocycles. The van der Waals surface area contributed by atoms with E-state index in [1.807, 2.05) is 66.7 Å². The molecule has 3 aromatic rings. The van der Waals surface area contributed by atoms with Gasteiger partial charge in [-0.15, -0.1) is 0 Å². The molecule has 1 fully saturated rings. The van der Waals surface area contributed by atoms with Crippen molar-refractivity contribution in [3.05, 3.63) is 101 Å². The standard InChI is InChI=1S/C29H30N6O2/c30-21-32-28(34-17-15-31-27(19-34)23-10-5-2-6-11-23)33-26-13-7-12-24-18-35(16-14-25(24)26)29(36)37-20-22-8-3-1-4-9-22/h1-13,27,31H,14-20H2,(H,32,33). The summed E-state index contributed by atoms with van der Waals surface area (Å²) in [5, 5.41) is 15.8. The predicted octanol–water partition coefficient (Wildman–Crippen LogP) is 4.09. The molecular weight excluding hydrogens is 464 g/mol. The number of guanidine groups is 1. The number of carbonyl (C=O) groups excluding carboxylic acids is 1. The average Bonchev–Trinajstić information content (AvgIpc) is 2.96. The van der Waals surface area contributed by atoms with E-state index in [1.165, 1.54) is 5.56 Å². The molecule has 188 valence electrons. The third-order valence-corrected chi connectivity index (χ3v) is 6.78. The molecule has 0 aromatic heterocycles. The number of benzene rings is 3. The number of nitrogens with one attached hydrogen (secondary N) is 2. The van der Waals surface area contributed by atoms with Gasteiger partial charge in [0.1, 0.15) is 6.61 Å². The Morgan fingerprint density at radius 1 is 1.03 bits per heavy atom. The number of rotatable bonds is 4. The topological polar surface area (TPSA) is 93.0 Å². The van der Waals surface area contributed by atoms with Gasteiger partial charge in [0.15, 0.2) is 6.19 Å². The van der Waals surface area contributed by atoms with E-state index < -0.39 is 0 Å². The summed E-state index contributed by atoms with van der Waals surface area (Å²) in [6.07, 6.45) is 2.41. The fraction of sp³-hybridized carbons (Fsp3) is 0.276. The second-order valence-electron chi connectivity index (χ2n) is 9.16. The summed E-state index contributed by atoms with van der Waals surface area (Å²) >= 11 is 0. The molecule has 0 saturated carbocycles. The fourth-order valence-electron chi connectivity index (χ4n) is 4.85. The first-order valence-corrected chi connectivity index (χ1v) is 12.5. The van der Waals surface area contributed by atoms with Gasteiger partial charge in [0.25, 0.3) is 0 Å². The number of fused-ring (bicyclic) bond motifs is 1. The molecular formula is C29H30N6O2. The summed E-state index contributed by atoms with van der Waals surface area (Å²) < 4.78 is 5.54. The fourth-order valence-corrected chi connectivity index (χ4v) is 4.85. The number of amides is 1. The second-order valence-corrected chi connectivity index (χ2v) is 9.16. The highest BCUT2D eigenvalue weighted by atomic mass is 16.6. The van der Waals surface area contributed by atoms with Crippen LogP contribution < -0.4 is 10.6 Å². The van der Waals surface area contributed by atoms with Crippen LogP contribution in [0.3, 0.4) is 0 Å². The van der Waals surface area contributed by atoms with Gasteiger partial charge in [-0.1, -0.05) is 72.8 Å². The Kier molecular flexibility index (Phi) is 7.63. The molecule has 0 spiro atoms. The Balaban J connectivity index is 1.30. The van der Waals surface area contributed by atoms with E-state index in [9.17, 15) is 10.1 Å². The molecule has 37 heavy (non-hydrogen) atoms. The van der Waals surface area contributed by atoms with E-state index in [0.29, 0.717) is 32.0 Å². The minimum Gasteiger partial charge on any atom is -0.445 e. The van der Waals surface area contributed by atoms with Crippen LogP contribution in [0.25, 0.3) is 0 Å². The van der Waals surface area contributed by atoms with E-state index in [0.717, 1.165) is 35.5 Å². The Morgan fingerprint density at radius 3 is 2.59 bits per heavy atom. The van der Waals surface area contributed by atoms with Gasteiger partial charge in [-0.2, -0.15) is 5.26 Å². The SMILES string of the molecule is N#CNC(=Nc1cccc2c1CCN(C(=O)OCc1ccccc1)C2)N1CCNC(c2ccccc2)C1. The maximum absolute atomic E-state index is 12.7. The van der Waals surface area contributed by atoms with Crippen LogP contribution in [0.1, 0.15) is 28.3 Å². The van der Waals surface area contributed by atoms with Crippen molar-refractivity contribution in [3.63, 3.8) is 0 Å². The van der Waals surface area contributed by atoms with Crippen molar-refractivity contribution < 1.29 is 9.53 Å². The summed E-state index contributed by atoms with van der Waals surface area (Å²) in [5.41, 5.74) is 5.14. The molecule has 2 aliphatic heterocycles. The zero-order chi connectivity index (χ0) is 25.5. The van der Waals surface area contributed by atoms with E-state index in [-0.39, 0.29) is 18.7 Å². The van der Waals surface area contributed by atoms with Crippen LogP contribution in [0, 0.1) is 11.5 Å². The number of hydrogen-bond acceptors (Lipinski definition) is 5. The third kappa shape index (κ3) is 5.90. The van der Waals surface area contributed by atoms with Crippen molar-refractivity contribution in [1.29, 1.82) is 5.26 Å². The Hall–Kier alpha value is -4.35. The second kappa shape index (κ2) is 11.6. The first-order valence-electron chi connectivity index (χ1n) is 12.5. The van der Waals surface area contributed by atoms with E-state index in [4.69, 9.17) is 9.73 Å². The van der Waals surface area contributed by atoms with Crippen molar-refractivity contribution in [2.24, 2.45) is 4.99 Å². The number of ether oxygens (including phenoxy) is 1. The van der Waals surface area contributed by atoms with Gasteiger partial charge >= 0.3 is 6.09 Å². The zero-order valence-corrected chi connectivity index (χ0v) is 20.6. The molecule has 1 unspecified atom stereocenters. The largest absolute Gasteiger partial charge is 0.445 e. The van der Waals surface area contributed by atoms with Crippen LogP contribution in [0.4, 0.5) is 10.5 Å². The Bertz CT molecular complexity index is 1290. The number of aliphatic imine (C=N–C) groups is 1. The number of nitrogens with zero attached hydrogens (tertiary/aromatic N) is 4. The summed E-state index contributed by atoms with van der Waals surface area (Å²) in [6, 6.07) is 26.1. The lowest BCUT2D eigenvalue weighted by atomic mass is 9.98. The molecule has 2 aliphatic rings. The van der Waals surface area contributed by atoms with E-state index in [1.54, 1.807) is 4.90 Å². The molecule has 1 amide bonds. The third-order valence-electron chi connectivity index (χ3n) is 6.78. The van der Waals surface area contributed by atoms with Crippen LogP contribution >= 0.6 is 0 Å². The van der Waals surface area contributed by atoms with Crippen LogP contribution in [-0.2, 0) is 24.3 Å². The van der Waals surface area contributed by atoms with Crippen molar-refractivity contribution in [2.75, 3.05) is 26.2 Å². The maximum Gasteiger partial charge on any atom is 0.410 e. The molecule has 2 heterocycles. The van der Waals surface area contributed by atoms with Gasteiger partial charge in [0.05, 0.1) is 5.69 Å². The minimum atomic E-state index is -0.317. The van der Waals surface area contributed by atoms with E-state index in [2.05, 4.69) is 33.9 Å². The maximum atomic E-state index is 12.7. The van der Waals surface area contributed by atoms with Crippen LogP contribution in [0.5, 0.6) is 0 Å². The molecule has 5 rings (SSSR count). The van der Waals surface area contributed by atoms with Gasteiger partial charge in [0, 0.05) is 38.8 Å². The summed E-state index contributed by atoms with van der Waals surface area (Å²) in [6.45, 7) is 3.51. The first kappa shape index (κ1) is 24.3. The highest BCUT2D eigenvalue weighted by Crippen LogP contribution is 2.29. The van der Waals surface area contributed by atoms with Crippen molar-refractivity contribution in [3.8, 4) is 6.19 Å².